The number of ether oxygens (including phenoxy) is 1. The van der Waals surface area contributed by atoms with E-state index in [9.17, 15) is 14.3 Å². The van der Waals surface area contributed by atoms with Crippen molar-refractivity contribution in [2.24, 2.45) is 0 Å². The van der Waals surface area contributed by atoms with Gasteiger partial charge in [-0.3, -0.25) is 0 Å². The Morgan fingerprint density at radius 2 is 1.93 bits per heavy atom. The summed E-state index contributed by atoms with van der Waals surface area (Å²) >= 11 is 0. The van der Waals surface area contributed by atoms with Gasteiger partial charge in [-0.05, 0) is 54.8 Å². The van der Waals surface area contributed by atoms with Crippen molar-refractivity contribution in [1.29, 1.82) is 0 Å². The van der Waals surface area contributed by atoms with E-state index < -0.39 is 11.8 Å². The van der Waals surface area contributed by atoms with Crippen molar-refractivity contribution < 1.29 is 19.0 Å². The van der Waals surface area contributed by atoms with E-state index in [1.165, 1.54) is 12.1 Å². The molecule has 3 aromatic rings. The second kappa shape index (κ2) is 6.62. The Kier molecular flexibility index (Phi) is 4.27. The predicted molar refractivity (Wildman–Crippen MR) is 97.8 cm³/mol. The number of aromatic nitrogens is 3. The first-order chi connectivity index (χ1) is 12.9. The van der Waals surface area contributed by atoms with E-state index in [0.29, 0.717) is 35.8 Å². The Balaban J connectivity index is 1.92. The highest BCUT2D eigenvalue weighted by Crippen LogP contribution is 2.31. The maximum absolute atomic E-state index is 14.0. The van der Waals surface area contributed by atoms with E-state index in [2.05, 4.69) is 15.0 Å². The second-order valence-electron chi connectivity index (χ2n) is 6.58. The number of carbonyl (C=O) groups is 1. The van der Waals surface area contributed by atoms with Crippen molar-refractivity contribution in [3.63, 3.8) is 0 Å². The number of hydrogen-bond donors (Lipinski definition) is 1. The van der Waals surface area contributed by atoms with Crippen molar-refractivity contribution in [2.45, 2.75) is 13.8 Å². The molecule has 1 aromatic carbocycles. The number of carboxylic acids is 1. The maximum Gasteiger partial charge on any atom is 0.338 e. The van der Waals surface area contributed by atoms with Gasteiger partial charge >= 0.3 is 5.97 Å². The number of benzene rings is 1. The number of pyridine rings is 1. The van der Waals surface area contributed by atoms with Crippen LogP contribution in [0, 0.1) is 19.7 Å². The zero-order valence-electron chi connectivity index (χ0n) is 15.1. The Hall–Kier alpha value is -3.00. The van der Waals surface area contributed by atoms with Gasteiger partial charge < -0.3 is 14.7 Å². The second-order valence-corrected chi connectivity index (χ2v) is 6.58. The lowest BCUT2D eigenvalue weighted by Gasteiger charge is -2.29. The molecule has 1 aliphatic heterocycles. The first-order valence-electron chi connectivity index (χ1n) is 8.68. The molecular formula is C19H19FN4O3. The number of carboxylic acid groups (broad SMARTS) is 1. The average molecular weight is 370 g/mol. The molecule has 0 radical (unpaired) electrons. The summed E-state index contributed by atoms with van der Waals surface area (Å²) in [5, 5.41) is 13.7. The number of morpholine rings is 1. The first-order valence-corrected chi connectivity index (χ1v) is 8.68. The smallest absolute Gasteiger partial charge is 0.338 e. The number of aryl methyl sites for hydroxylation is 2. The molecule has 27 heavy (non-hydrogen) atoms. The van der Waals surface area contributed by atoms with Crippen LogP contribution in [0.2, 0.25) is 0 Å². The lowest BCUT2D eigenvalue weighted by molar-refractivity contribution is 0.0692. The molecular weight excluding hydrogens is 351 g/mol. The standard InChI is InChI=1S/C19H19FN4O3/c1-11-7-16(20)15(19(25)26)10-14(11)13-8-17-21-12(2)22-24(17)18(9-13)23-3-5-27-6-4-23/h7-10H,3-6H2,1-2H3,(H,25,26). The fourth-order valence-electron chi connectivity index (χ4n) is 3.40. The fraction of sp³-hybridized carbons (Fsp3) is 0.316. The molecule has 0 saturated carbocycles. The van der Waals surface area contributed by atoms with Crippen LogP contribution in [0.25, 0.3) is 16.8 Å². The third-order valence-electron chi connectivity index (χ3n) is 4.71. The van der Waals surface area contributed by atoms with E-state index in [1.807, 2.05) is 19.1 Å². The summed E-state index contributed by atoms with van der Waals surface area (Å²) in [5.74, 6) is -0.534. The summed E-state index contributed by atoms with van der Waals surface area (Å²) in [6.45, 7) is 6.27. The highest BCUT2D eigenvalue weighted by molar-refractivity contribution is 5.90. The van der Waals surface area contributed by atoms with Crippen molar-refractivity contribution in [2.75, 3.05) is 31.2 Å². The molecule has 1 N–H and O–H groups in total. The van der Waals surface area contributed by atoms with Crippen molar-refractivity contribution in [1.82, 2.24) is 14.6 Å². The molecule has 0 atom stereocenters. The number of aromatic carboxylic acids is 1. The van der Waals surface area contributed by atoms with Crippen molar-refractivity contribution >= 4 is 17.4 Å². The number of anilines is 1. The number of hydrogen-bond acceptors (Lipinski definition) is 5. The summed E-state index contributed by atoms with van der Waals surface area (Å²) < 4.78 is 21.2. The lowest BCUT2D eigenvalue weighted by Crippen LogP contribution is -2.37. The quantitative estimate of drug-likeness (QED) is 0.764. The van der Waals surface area contributed by atoms with Crippen LogP contribution in [0.3, 0.4) is 0 Å². The Bertz CT molecular complexity index is 1040. The van der Waals surface area contributed by atoms with E-state index in [0.717, 1.165) is 24.5 Å². The van der Waals surface area contributed by atoms with Gasteiger partial charge in [0.1, 0.15) is 17.5 Å². The van der Waals surface area contributed by atoms with E-state index in [-0.39, 0.29) is 5.56 Å². The molecule has 4 rings (SSSR count). The minimum Gasteiger partial charge on any atom is -0.478 e. The molecule has 8 heteroatoms. The van der Waals surface area contributed by atoms with E-state index >= 15 is 0 Å². The van der Waals surface area contributed by atoms with Crippen LogP contribution >= 0.6 is 0 Å². The molecule has 140 valence electrons. The zero-order chi connectivity index (χ0) is 19.1. The molecule has 0 unspecified atom stereocenters. The number of halogens is 1. The van der Waals surface area contributed by atoms with Gasteiger partial charge in [-0.25, -0.2) is 14.2 Å². The minimum absolute atomic E-state index is 0.346. The first kappa shape index (κ1) is 17.4. The van der Waals surface area contributed by atoms with Gasteiger partial charge in [0, 0.05) is 13.1 Å². The van der Waals surface area contributed by atoms with Crippen LogP contribution in [0.1, 0.15) is 21.7 Å². The van der Waals surface area contributed by atoms with E-state index in [1.54, 1.807) is 11.4 Å². The number of rotatable bonds is 3. The van der Waals surface area contributed by atoms with Crippen LogP contribution in [-0.2, 0) is 4.74 Å². The SMILES string of the molecule is Cc1nc2cc(-c3cc(C(=O)O)c(F)cc3C)cc(N3CCOCC3)n2n1. The van der Waals surface area contributed by atoms with E-state index in [4.69, 9.17) is 4.74 Å². The van der Waals surface area contributed by atoms with Gasteiger partial charge in [0.25, 0.3) is 0 Å². The molecule has 1 aliphatic rings. The highest BCUT2D eigenvalue weighted by Gasteiger charge is 2.20. The van der Waals surface area contributed by atoms with Crippen LogP contribution in [0.15, 0.2) is 24.3 Å². The Labute approximate surface area is 155 Å². The summed E-state index contributed by atoms with van der Waals surface area (Å²) in [5.41, 5.74) is 2.40. The molecule has 7 nitrogen and oxygen atoms in total. The maximum atomic E-state index is 14.0. The van der Waals surface area contributed by atoms with Gasteiger partial charge in [-0.2, -0.15) is 4.52 Å². The molecule has 1 saturated heterocycles. The predicted octanol–water partition coefficient (Wildman–Crippen LogP) is 2.69. The van der Waals surface area contributed by atoms with Crippen LogP contribution in [0.4, 0.5) is 10.2 Å². The normalized spacial score (nSPS) is 14.7. The number of nitrogens with zero attached hydrogens (tertiary/aromatic N) is 4. The molecule has 3 heterocycles. The van der Waals surface area contributed by atoms with Crippen molar-refractivity contribution in [3.05, 3.63) is 47.0 Å². The molecule has 1 fully saturated rings. The third-order valence-corrected chi connectivity index (χ3v) is 4.71. The third kappa shape index (κ3) is 3.12. The molecule has 0 amide bonds. The Morgan fingerprint density at radius 3 is 2.63 bits per heavy atom. The Morgan fingerprint density at radius 1 is 1.19 bits per heavy atom. The summed E-state index contributed by atoms with van der Waals surface area (Å²) in [7, 11) is 0. The van der Waals surface area contributed by atoms with Crippen LogP contribution < -0.4 is 4.90 Å². The number of fused-ring (bicyclic) bond motifs is 1. The van der Waals surface area contributed by atoms with Gasteiger partial charge in [0.05, 0.1) is 18.8 Å². The molecule has 0 aliphatic carbocycles. The highest BCUT2D eigenvalue weighted by atomic mass is 19.1. The average Bonchev–Trinajstić information content (AvgIpc) is 3.01. The molecule has 2 aromatic heterocycles. The summed E-state index contributed by atoms with van der Waals surface area (Å²) in [6, 6.07) is 6.42. The summed E-state index contributed by atoms with van der Waals surface area (Å²) in [4.78, 5) is 18.0. The van der Waals surface area contributed by atoms with Crippen LogP contribution in [0.5, 0.6) is 0 Å². The topological polar surface area (TPSA) is 80.0 Å². The van der Waals surface area contributed by atoms with Gasteiger partial charge in [0.15, 0.2) is 5.65 Å². The lowest BCUT2D eigenvalue weighted by atomic mass is 9.98. The minimum atomic E-state index is -1.29. The summed E-state index contributed by atoms with van der Waals surface area (Å²) in [6.07, 6.45) is 0. The fourth-order valence-corrected chi connectivity index (χ4v) is 3.40. The monoisotopic (exact) mass is 370 g/mol. The van der Waals surface area contributed by atoms with Crippen molar-refractivity contribution in [3.8, 4) is 11.1 Å². The largest absolute Gasteiger partial charge is 0.478 e. The van der Waals surface area contributed by atoms with Crippen LogP contribution in [-0.4, -0.2) is 52.0 Å². The van der Waals surface area contributed by atoms with Gasteiger partial charge in [0.2, 0.25) is 0 Å². The zero-order valence-corrected chi connectivity index (χ0v) is 15.1. The van der Waals surface area contributed by atoms with Gasteiger partial charge in [-0.15, -0.1) is 5.10 Å². The molecule has 0 bridgehead atoms. The molecule has 0 spiro atoms. The van der Waals surface area contributed by atoms with Gasteiger partial charge in [-0.1, -0.05) is 0 Å².